The van der Waals surface area contributed by atoms with E-state index >= 15 is 0 Å². The molecule has 1 rings (SSSR count). The number of piperidine rings is 1. The second-order valence-electron chi connectivity index (χ2n) is 4.32. The molecule has 1 amide bonds. The average molecular weight is 293 g/mol. The lowest BCUT2D eigenvalue weighted by Crippen LogP contribution is -2.49. The van der Waals surface area contributed by atoms with Crippen LogP contribution in [0.3, 0.4) is 0 Å². The fourth-order valence-corrected chi connectivity index (χ4v) is 3.11. The minimum Gasteiger partial charge on any atom is -0.481 e. The van der Waals surface area contributed by atoms with Gasteiger partial charge in [-0.3, -0.25) is 9.59 Å². The van der Waals surface area contributed by atoms with Crippen LogP contribution < -0.4 is 10.0 Å². The highest BCUT2D eigenvalue weighted by Gasteiger charge is 2.32. The first-order valence-electron chi connectivity index (χ1n) is 6.11. The summed E-state index contributed by atoms with van der Waals surface area (Å²) in [5.74, 6) is -2.10. The number of rotatable bonds is 6. The summed E-state index contributed by atoms with van der Waals surface area (Å²) in [7, 11) is -3.80. The highest BCUT2D eigenvalue weighted by Crippen LogP contribution is 2.18. The summed E-state index contributed by atoms with van der Waals surface area (Å²) < 4.78 is 27.1. The van der Waals surface area contributed by atoms with E-state index in [0.717, 1.165) is 4.31 Å². The lowest BCUT2D eigenvalue weighted by molar-refractivity contribution is -0.142. The largest absolute Gasteiger partial charge is 0.481 e. The van der Waals surface area contributed by atoms with Gasteiger partial charge in [0.05, 0.1) is 12.5 Å². The van der Waals surface area contributed by atoms with Gasteiger partial charge in [-0.05, 0) is 19.8 Å². The van der Waals surface area contributed by atoms with E-state index in [1.54, 1.807) is 6.92 Å². The Labute approximate surface area is 112 Å². The first kappa shape index (κ1) is 15.9. The molecular weight excluding hydrogens is 274 g/mol. The van der Waals surface area contributed by atoms with Gasteiger partial charge in [-0.2, -0.15) is 17.4 Å². The molecule has 0 spiro atoms. The molecule has 0 radical (unpaired) electrons. The fourth-order valence-electron chi connectivity index (χ4n) is 1.87. The lowest BCUT2D eigenvalue weighted by Gasteiger charge is -2.29. The summed E-state index contributed by atoms with van der Waals surface area (Å²) >= 11 is 0. The number of carboxylic acid groups (broad SMARTS) is 1. The van der Waals surface area contributed by atoms with Crippen LogP contribution in [0.5, 0.6) is 0 Å². The number of carboxylic acids is 1. The minimum atomic E-state index is -3.80. The molecule has 1 fully saturated rings. The molecule has 0 aliphatic carbocycles. The van der Waals surface area contributed by atoms with E-state index in [1.807, 2.05) is 0 Å². The normalized spacial score (nSPS) is 21.0. The summed E-state index contributed by atoms with van der Waals surface area (Å²) in [5, 5.41) is 11.4. The Morgan fingerprint density at radius 1 is 1.42 bits per heavy atom. The summed E-state index contributed by atoms with van der Waals surface area (Å²) in [6.07, 6.45) is 0.969. The number of hydrogen-bond acceptors (Lipinski definition) is 4. The molecule has 0 aromatic heterocycles. The molecule has 1 unspecified atom stereocenters. The van der Waals surface area contributed by atoms with E-state index in [1.165, 1.54) is 0 Å². The molecule has 0 saturated carbocycles. The molecule has 110 valence electrons. The van der Waals surface area contributed by atoms with Gasteiger partial charge in [0.15, 0.2) is 0 Å². The van der Waals surface area contributed by atoms with Gasteiger partial charge in [0.25, 0.3) is 10.2 Å². The van der Waals surface area contributed by atoms with E-state index < -0.39 is 28.0 Å². The number of hydrogen-bond donors (Lipinski definition) is 3. The zero-order valence-electron chi connectivity index (χ0n) is 10.8. The third-order valence-electron chi connectivity index (χ3n) is 2.86. The van der Waals surface area contributed by atoms with Crippen LogP contribution in [0.1, 0.15) is 19.8 Å². The standard InChI is InChI=1S/C10H19N3O5S/c1-2-11-9(14)6-12-19(17,18)13-5-3-4-8(7-13)10(15)16/h8,12H,2-7H2,1H3,(H,11,14)(H,15,16). The first-order valence-corrected chi connectivity index (χ1v) is 7.55. The van der Waals surface area contributed by atoms with E-state index in [-0.39, 0.29) is 19.6 Å². The maximum atomic E-state index is 11.9. The van der Waals surface area contributed by atoms with Crippen LogP contribution in [0.15, 0.2) is 0 Å². The third kappa shape index (κ3) is 4.77. The monoisotopic (exact) mass is 293 g/mol. The molecular formula is C10H19N3O5S. The SMILES string of the molecule is CCNC(=O)CNS(=O)(=O)N1CCCC(C(=O)O)C1. The summed E-state index contributed by atoms with van der Waals surface area (Å²) in [6.45, 7) is 2.03. The smallest absolute Gasteiger partial charge is 0.307 e. The van der Waals surface area contributed by atoms with Gasteiger partial charge in [-0.1, -0.05) is 0 Å². The van der Waals surface area contributed by atoms with E-state index in [4.69, 9.17) is 5.11 Å². The van der Waals surface area contributed by atoms with Crippen LogP contribution in [0.2, 0.25) is 0 Å². The van der Waals surface area contributed by atoms with Crippen LogP contribution in [0, 0.1) is 5.92 Å². The van der Waals surface area contributed by atoms with Crippen molar-refractivity contribution in [2.45, 2.75) is 19.8 Å². The second kappa shape index (κ2) is 6.83. The molecule has 19 heavy (non-hydrogen) atoms. The Bertz CT molecular complexity index is 436. The molecule has 0 aromatic rings. The van der Waals surface area contributed by atoms with Gasteiger partial charge < -0.3 is 10.4 Å². The molecule has 8 nitrogen and oxygen atoms in total. The van der Waals surface area contributed by atoms with Crippen molar-refractivity contribution in [2.75, 3.05) is 26.2 Å². The number of amides is 1. The highest BCUT2D eigenvalue weighted by molar-refractivity contribution is 7.87. The lowest BCUT2D eigenvalue weighted by atomic mass is 10.0. The zero-order chi connectivity index (χ0) is 14.5. The molecule has 0 aromatic carbocycles. The van der Waals surface area contributed by atoms with Gasteiger partial charge >= 0.3 is 5.97 Å². The average Bonchev–Trinajstić information content (AvgIpc) is 2.37. The molecule has 1 saturated heterocycles. The molecule has 9 heteroatoms. The molecule has 1 aliphatic rings. The van der Waals surface area contributed by atoms with Crippen molar-refractivity contribution in [1.82, 2.24) is 14.3 Å². The van der Waals surface area contributed by atoms with E-state index in [0.29, 0.717) is 19.4 Å². The van der Waals surface area contributed by atoms with Crippen LogP contribution in [-0.2, 0) is 19.8 Å². The first-order chi connectivity index (χ1) is 8.86. The summed E-state index contributed by atoms with van der Waals surface area (Å²) in [6, 6.07) is 0. The van der Waals surface area contributed by atoms with Gasteiger partial charge in [0, 0.05) is 19.6 Å². The van der Waals surface area contributed by atoms with Crippen LogP contribution in [0.25, 0.3) is 0 Å². The third-order valence-corrected chi connectivity index (χ3v) is 4.38. The molecule has 1 heterocycles. The zero-order valence-corrected chi connectivity index (χ0v) is 11.6. The molecule has 0 bridgehead atoms. The summed E-state index contributed by atoms with van der Waals surface area (Å²) in [4.78, 5) is 22.1. The van der Waals surface area contributed by atoms with E-state index in [9.17, 15) is 18.0 Å². The van der Waals surface area contributed by atoms with Crippen molar-refractivity contribution >= 4 is 22.1 Å². The van der Waals surface area contributed by atoms with Gasteiger partial charge in [-0.25, -0.2) is 0 Å². The number of likely N-dealkylation sites (N-methyl/N-ethyl adjacent to an activating group) is 1. The van der Waals surface area contributed by atoms with Gasteiger partial charge in [0.1, 0.15) is 0 Å². The van der Waals surface area contributed by atoms with Crippen molar-refractivity contribution in [3.63, 3.8) is 0 Å². The highest BCUT2D eigenvalue weighted by atomic mass is 32.2. The van der Waals surface area contributed by atoms with E-state index in [2.05, 4.69) is 10.0 Å². The Balaban J connectivity index is 2.56. The molecule has 1 aliphatic heterocycles. The number of carbonyl (C=O) groups excluding carboxylic acids is 1. The molecule has 3 N–H and O–H groups in total. The number of nitrogens with zero attached hydrogens (tertiary/aromatic N) is 1. The van der Waals surface area contributed by atoms with Crippen molar-refractivity contribution in [1.29, 1.82) is 0 Å². The number of carbonyl (C=O) groups is 2. The Morgan fingerprint density at radius 2 is 2.11 bits per heavy atom. The number of aliphatic carboxylic acids is 1. The van der Waals surface area contributed by atoms with Crippen molar-refractivity contribution in [3.05, 3.63) is 0 Å². The molecule has 1 atom stereocenters. The Hall–Kier alpha value is -1.19. The summed E-state index contributed by atoms with van der Waals surface area (Å²) in [5.41, 5.74) is 0. The minimum absolute atomic E-state index is 0.0555. The van der Waals surface area contributed by atoms with Crippen LogP contribution in [0.4, 0.5) is 0 Å². The fraction of sp³-hybridized carbons (Fsp3) is 0.800. The topological polar surface area (TPSA) is 116 Å². The second-order valence-corrected chi connectivity index (χ2v) is 6.07. The van der Waals surface area contributed by atoms with Crippen molar-refractivity contribution in [3.8, 4) is 0 Å². The maximum absolute atomic E-state index is 11.9. The number of nitrogens with one attached hydrogen (secondary N) is 2. The van der Waals surface area contributed by atoms with Gasteiger partial charge in [0.2, 0.25) is 5.91 Å². The quantitative estimate of drug-likeness (QED) is 0.566. The Kier molecular flexibility index (Phi) is 5.70. The predicted octanol–water partition coefficient (Wildman–Crippen LogP) is -1.25. The Morgan fingerprint density at radius 3 is 2.68 bits per heavy atom. The van der Waals surface area contributed by atoms with Crippen LogP contribution in [-0.4, -0.2) is 55.9 Å². The van der Waals surface area contributed by atoms with Gasteiger partial charge in [-0.15, -0.1) is 0 Å². The predicted molar refractivity (Wildman–Crippen MR) is 67.5 cm³/mol. The maximum Gasteiger partial charge on any atom is 0.307 e. The van der Waals surface area contributed by atoms with Crippen LogP contribution >= 0.6 is 0 Å². The van der Waals surface area contributed by atoms with Crippen molar-refractivity contribution < 1.29 is 23.1 Å². The van der Waals surface area contributed by atoms with Crippen molar-refractivity contribution in [2.24, 2.45) is 5.92 Å².